The molecule has 25 heavy (non-hydrogen) atoms. The number of hydrogen-bond acceptors (Lipinski definition) is 3. The number of aryl methyl sites for hydroxylation is 1. The van der Waals surface area contributed by atoms with Gasteiger partial charge in [0.25, 0.3) is 0 Å². The highest BCUT2D eigenvalue weighted by Crippen LogP contribution is 2.09. The van der Waals surface area contributed by atoms with Crippen LogP contribution in [0.1, 0.15) is 45.6 Å². The van der Waals surface area contributed by atoms with E-state index >= 15 is 0 Å². The van der Waals surface area contributed by atoms with E-state index in [-0.39, 0.29) is 17.7 Å². The third-order valence-corrected chi connectivity index (χ3v) is 3.86. The number of benzene rings is 1. The molecule has 0 aliphatic carbocycles. The van der Waals surface area contributed by atoms with Crippen LogP contribution < -0.4 is 16.4 Å². The molecule has 6 nitrogen and oxygen atoms in total. The van der Waals surface area contributed by atoms with Crippen LogP contribution in [0, 0.1) is 5.92 Å². The molecular formula is C19H29N3O3. The van der Waals surface area contributed by atoms with Crippen LogP contribution in [0.5, 0.6) is 0 Å². The van der Waals surface area contributed by atoms with Gasteiger partial charge in [-0.2, -0.15) is 0 Å². The normalized spacial score (nSPS) is 13.1. The number of rotatable bonds is 10. The van der Waals surface area contributed by atoms with E-state index in [1.54, 1.807) is 0 Å². The maximum atomic E-state index is 12.4. The van der Waals surface area contributed by atoms with Crippen molar-refractivity contribution in [1.82, 2.24) is 10.6 Å². The van der Waals surface area contributed by atoms with Crippen molar-refractivity contribution in [2.45, 2.75) is 58.5 Å². The van der Waals surface area contributed by atoms with E-state index in [9.17, 15) is 14.4 Å². The molecule has 0 heterocycles. The first-order chi connectivity index (χ1) is 11.8. The minimum atomic E-state index is -0.736. The van der Waals surface area contributed by atoms with Gasteiger partial charge in [0.15, 0.2) is 0 Å². The van der Waals surface area contributed by atoms with E-state index in [4.69, 9.17) is 5.73 Å². The summed E-state index contributed by atoms with van der Waals surface area (Å²) >= 11 is 0. The fourth-order valence-electron chi connectivity index (χ4n) is 2.66. The summed E-state index contributed by atoms with van der Waals surface area (Å²) in [4.78, 5) is 35.4. The topological polar surface area (TPSA) is 101 Å². The van der Waals surface area contributed by atoms with E-state index in [2.05, 4.69) is 10.6 Å². The lowest BCUT2D eigenvalue weighted by molar-refractivity contribution is -0.131. The first-order valence-electron chi connectivity index (χ1n) is 8.70. The number of carbonyl (C=O) groups excluding carboxylic acids is 3. The molecule has 0 saturated carbocycles. The Morgan fingerprint density at radius 1 is 1.04 bits per heavy atom. The van der Waals surface area contributed by atoms with Crippen molar-refractivity contribution < 1.29 is 14.4 Å². The summed E-state index contributed by atoms with van der Waals surface area (Å²) in [5, 5.41) is 5.32. The van der Waals surface area contributed by atoms with Crippen molar-refractivity contribution in [2.24, 2.45) is 11.7 Å². The molecule has 1 rings (SSSR count). The summed E-state index contributed by atoms with van der Waals surface area (Å²) in [6.07, 6.45) is 2.50. The number of primary amides is 1. The van der Waals surface area contributed by atoms with Crippen molar-refractivity contribution in [2.75, 3.05) is 0 Å². The Balaban J connectivity index is 2.60. The molecule has 0 radical (unpaired) electrons. The number of amides is 3. The Morgan fingerprint density at radius 2 is 1.68 bits per heavy atom. The quantitative estimate of drug-likeness (QED) is 0.598. The Morgan fingerprint density at radius 3 is 2.20 bits per heavy atom. The average Bonchev–Trinajstić information content (AvgIpc) is 2.53. The minimum Gasteiger partial charge on any atom is -0.368 e. The van der Waals surface area contributed by atoms with Gasteiger partial charge in [0.05, 0.1) is 0 Å². The van der Waals surface area contributed by atoms with Gasteiger partial charge >= 0.3 is 0 Å². The molecule has 1 aromatic rings. The van der Waals surface area contributed by atoms with Gasteiger partial charge in [-0.1, -0.05) is 44.2 Å². The monoisotopic (exact) mass is 347 g/mol. The highest BCUT2D eigenvalue weighted by atomic mass is 16.2. The van der Waals surface area contributed by atoms with Gasteiger partial charge in [-0.05, 0) is 37.2 Å². The van der Waals surface area contributed by atoms with Crippen LogP contribution >= 0.6 is 0 Å². The molecule has 3 amide bonds. The summed E-state index contributed by atoms with van der Waals surface area (Å²) in [6, 6.07) is 8.53. The largest absolute Gasteiger partial charge is 0.368 e. The molecule has 0 fully saturated rings. The number of carbonyl (C=O) groups is 3. The van der Waals surface area contributed by atoms with E-state index in [0.29, 0.717) is 12.8 Å². The molecule has 0 aliphatic heterocycles. The Bertz CT molecular complexity index is 573. The van der Waals surface area contributed by atoms with E-state index in [0.717, 1.165) is 12.8 Å². The molecule has 0 spiro atoms. The van der Waals surface area contributed by atoms with E-state index in [1.807, 2.05) is 44.2 Å². The maximum absolute atomic E-state index is 12.4. The lowest BCUT2D eigenvalue weighted by Crippen LogP contribution is -2.53. The van der Waals surface area contributed by atoms with Crippen LogP contribution in [0.3, 0.4) is 0 Å². The van der Waals surface area contributed by atoms with Crippen LogP contribution in [0.25, 0.3) is 0 Å². The molecule has 0 aromatic heterocycles. The molecule has 0 aliphatic rings. The Kier molecular flexibility index (Phi) is 8.67. The summed E-state index contributed by atoms with van der Waals surface area (Å²) in [5.74, 6) is -0.979. The first kappa shape index (κ1) is 20.7. The molecule has 1 aromatic carbocycles. The predicted molar refractivity (Wildman–Crippen MR) is 97.6 cm³/mol. The predicted octanol–water partition coefficient (Wildman–Crippen LogP) is 1.53. The lowest BCUT2D eigenvalue weighted by Gasteiger charge is -2.22. The maximum Gasteiger partial charge on any atom is 0.243 e. The second kappa shape index (κ2) is 10.5. The standard InChI is InChI=1S/C19H29N3O3/c1-13(2)12-17(21-14(3)23)19(25)22-16(18(20)24)11-7-10-15-8-5-4-6-9-15/h4-6,8-9,13,16-17H,7,10-12H2,1-3H3,(H2,20,24)(H,21,23)(H,22,25)/t16-,17+/m1/s1. The highest BCUT2D eigenvalue weighted by Gasteiger charge is 2.25. The van der Waals surface area contributed by atoms with Crippen LogP contribution in [0.15, 0.2) is 30.3 Å². The lowest BCUT2D eigenvalue weighted by atomic mass is 10.0. The number of hydrogen-bond donors (Lipinski definition) is 3. The molecule has 0 unspecified atom stereocenters. The second-order valence-corrected chi connectivity index (χ2v) is 6.72. The summed E-state index contributed by atoms with van der Waals surface area (Å²) < 4.78 is 0. The van der Waals surface area contributed by atoms with Crippen LogP contribution in [0.2, 0.25) is 0 Å². The molecular weight excluding hydrogens is 318 g/mol. The van der Waals surface area contributed by atoms with Crippen molar-refractivity contribution in [1.29, 1.82) is 0 Å². The Hall–Kier alpha value is -2.37. The molecule has 138 valence electrons. The summed E-state index contributed by atoms with van der Waals surface area (Å²) in [7, 11) is 0. The zero-order valence-electron chi connectivity index (χ0n) is 15.2. The van der Waals surface area contributed by atoms with Crippen molar-refractivity contribution in [3.8, 4) is 0 Å². The summed E-state index contributed by atoms with van der Waals surface area (Å²) in [5.41, 5.74) is 6.60. The zero-order valence-corrected chi connectivity index (χ0v) is 15.2. The molecule has 0 saturated heterocycles. The van der Waals surface area contributed by atoms with Gasteiger partial charge in [-0.25, -0.2) is 0 Å². The van der Waals surface area contributed by atoms with E-state index < -0.39 is 18.0 Å². The van der Waals surface area contributed by atoms with Crippen molar-refractivity contribution in [3.05, 3.63) is 35.9 Å². The smallest absolute Gasteiger partial charge is 0.243 e. The fourth-order valence-corrected chi connectivity index (χ4v) is 2.66. The SMILES string of the molecule is CC(=O)N[C@@H](CC(C)C)C(=O)N[C@H](CCCc1ccccc1)C(N)=O. The van der Waals surface area contributed by atoms with Crippen LogP contribution in [-0.2, 0) is 20.8 Å². The van der Waals surface area contributed by atoms with Crippen LogP contribution in [0.4, 0.5) is 0 Å². The highest BCUT2D eigenvalue weighted by molar-refractivity contribution is 5.91. The zero-order chi connectivity index (χ0) is 18.8. The van der Waals surface area contributed by atoms with Gasteiger partial charge < -0.3 is 16.4 Å². The fraction of sp³-hybridized carbons (Fsp3) is 0.526. The van der Waals surface area contributed by atoms with Gasteiger partial charge in [0, 0.05) is 6.92 Å². The Labute approximate surface area is 149 Å². The van der Waals surface area contributed by atoms with Crippen molar-refractivity contribution >= 4 is 17.7 Å². The number of nitrogens with two attached hydrogens (primary N) is 1. The van der Waals surface area contributed by atoms with Gasteiger partial charge in [-0.15, -0.1) is 0 Å². The third kappa shape index (κ3) is 8.33. The third-order valence-electron chi connectivity index (χ3n) is 3.86. The molecule has 2 atom stereocenters. The molecule has 6 heteroatoms. The second-order valence-electron chi connectivity index (χ2n) is 6.72. The van der Waals surface area contributed by atoms with Crippen LogP contribution in [-0.4, -0.2) is 29.8 Å². The molecule has 0 bridgehead atoms. The number of nitrogens with one attached hydrogen (secondary N) is 2. The first-order valence-corrected chi connectivity index (χ1v) is 8.70. The summed E-state index contributed by atoms with van der Waals surface area (Å²) in [6.45, 7) is 5.30. The molecule has 4 N–H and O–H groups in total. The van der Waals surface area contributed by atoms with Gasteiger partial charge in [-0.3, -0.25) is 14.4 Å². The van der Waals surface area contributed by atoms with Gasteiger partial charge in [0.1, 0.15) is 12.1 Å². The van der Waals surface area contributed by atoms with Gasteiger partial charge in [0.2, 0.25) is 17.7 Å². The van der Waals surface area contributed by atoms with Crippen molar-refractivity contribution in [3.63, 3.8) is 0 Å². The minimum absolute atomic E-state index is 0.229. The van der Waals surface area contributed by atoms with E-state index in [1.165, 1.54) is 12.5 Å². The average molecular weight is 347 g/mol.